The second-order valence-corrected chi connectivity index (χ2v) is 7.95. The fraction of sp³-hybridized carbons (Fsp3) is 0.562. The summed E-state index contributed by atoms with van der Waals surface area (Å²) in [7, 11) is 0. The van der Waals surface area contributed by atoms with Gasteiger partial charge in [0.15, 0.2) is 0 Å². The first-order valence-corrected chi connectivity index (χ1v) is 9.49. The molecule has 1 aromatic rings. The molecule has 21 heavy (non-hydrogen) atoms. The van der Waals surface area contributed by atoms with Crippen LogP contribution in [0.15, 0.2) is 24.3 Å². The molecule has 1 heterocycles. The minimum Gasteiger partial charge on any atom is -0.379 e. The summed E-state index contributed by atoms with van der Waals surface area (Å²) in [6, 6.07) is 8.00. The van der Waals surface area contributed by atoms with Gasteiger partial charge in [-0.05, 0) is 38.0 Å². The number of rotatable bonds is 7. The molecule has 3 nitrogen and oxygen atoms in total. The van der Waals surface area contributed by atoms with Crippen LogP contribution in [0.25, 0.3) is 0 Å². The quantitative estimate of drug-likeness (QED) is 0.776. The smallest absolute Gasteiger partial charge is 0.251 e. The molecule has 0 unspecified atom stereocenters. The van der Waals surface area contributed by atoms with Crippen LogP contribution in [0.4, 0.5) is 0 Å². The van der Waals surface area contributed by atoms with Gasteiger partial charge < -0.3 is 10.1 Å². The molecule has 0 aliphatic carbocycles. The van der Waals surface area contributed by atoms with Crippen molar-refractivity contribution in [1.82, 2.24) is 5.32 Å². The normalized spacial score (nSPS) is 15.6. The highest BCUT2D eigenvalue weighted by Gasteiger charge is 2.18. The first-order valence-electron chi connectivity index (χ1n) is 7.40. The van der Waals surface area contributed by atoms with Crippen molar-refractivity contribution in [1.29, 1.82) is 0 Å². The van der Waals surface area contributed by atoms with Crippen LogP contribution >= 0.6 is 23.5 Å². The largest absolute Gasteiger partial charge is 0.379 e. The van der Waals surface area contributed by atoms with Crippen LogP contribution in [-0.4, -0.2) is 36.7 Å². The highest BCUT2D eigenvalue weighted by Crippen LogP contribution is 2.45. The van der Waals surface area contributed by atoms with Crippen molar-refractivity contribution >= 4 is 29.4 Å². The number of carbonyl (C=O) groups excluding carboxylic acids is 1. The number of benzene rings is 1. The molecule has 0 atom stereocenters. The molecule has 0 bridgehead atoms. The molecule has 116 valence electrons. The molecular weight excluding hydrogens is 302 g/mol. The number of nitrogens with one attached hydrogen (secondary N) is 1. The summed E-state index contributed by atoms with van der Waals surface area (Å²) in [5, 5.41) is 2.93. The third-order valence-electron chi connectivity index (χ3n) is 3.12. The fourth-order valence-corrected chi connectivity index (χ4v) is 4.90. The zero-order valence-electron chi connectivity index (χ0n) is 12.6. The van der Waals surface area contributed by atoms with E-state index in [2.05, 4.69) is 17.4 Å². The van der Waals surface area contributed by atoms with E-state index in [1.807, 2.05) is 49.5 Å². The summed E-state index contributed by atoms with van der Waals surface area (Å²) in [5.74, 6) is 2.43. The first-order chi connectivity index (χ1) is 10.2. The van der Waals surface area contributed by atoms with Gasteiger partial charge >= 0.3 is 0 Å². The Bertz CT molecular complexity index is 442. The van der Waals surface area contributed by atoms with E-state index in [-0.39, 0.29) is 12.0 Å². The Balaban J connectivity index is 1.74. The molecular formula is C16H23NO2S2. The molecule has 0 radical (unpaired) electrons. The summed E-state index contributed by atoms with van der Waals surface area (Å²) >= 11 is 3.96. The lowest BCUT2D eigenvalue weighted by Gasteiger charge is -2.10. The lowest BCUT2D eigenvalue weighted by Crippen LogP contribution is -2.25. The van der Waals surface area contributed by atoms with Gasteiger partial charge in [-0.1, -0.05) is 12.1 Å². The second-order valence-electron chi connectivity index (χ2n) is 5.22. The van der Waals surface area contributed by atoms with Crippen LogP contribution in [0.3, 0.4) is 0 Å². The Morgan fingerprint density at radius 3 is 2.57 bits per heavy atom. The Hall–Kier alpha value is -0.650. The van der Waals surface area contributed by atoms with Crippen molar-refractivity contribution in [2.45, 2.75) is 31.0 Å². The van der Waals surface area contributed by atoms with E-state index in [0.29, 0.717) is 17.7 Å². The average molecular weight is 325 g/mol. The molecule has 1 fully saturated rings. The molecule has 1 aromatic carbocycles. The lowest BCUT2D eigenvalue weighted by molar-refractivity contribution is 0.0757. The van der Waals surface area contributed by atoms with Crippen molar-refractivity contribution in [3.8, 4) is 0 Å². The minimum atomic E-state index is -0.00201. The summed E-state index contributed by atoms with van der Waals surface area (Å²) < 4.78 is 5.98. The second kappa shape index (κ2) is 8.71. The predicted molar refractivity (Wildman–Crippen MR) is 92.1 cm³/mol. The SMILES string of the molecule is CC(C)OCCCNC(=O)c1ccc(C2SCCS2)cc1. The van der Waals surface area contributed by atoms with Crippen molar-refractivity contribution < 1.29 is 9.53 Å². The van der Waals surface area contributed by atoms with E-state index >= 15 is 0 Å². The Morgan fingerprint density at radius 1 is 1.29 bits per heavy atom. The van der Waals surface area contributed by atoms with E-state index in [9.17, 15) is 4.79 Å². The number of thioether (sulfide) groups is 2. The van der Waals surface area contributed by atoms with Crippen molar-refractivity contribution in [3.63, 3.8) is 0 Å². The van der Waals surface area contributed by atoms with Gasteiger partial charge in [0, 0.05) is 30.2 Å². The van der Waals surface area contributed by atoms with Crippen LogP contribution in [0.2, 0.25) is 0 Å². The summed E-state index contributed by atoms with van der Waals surface area (Å²) in [5.41, 5.74) is 2.04. The van der Waals surface area contributed by atoms with Crippen LogP contribution < -0.4 is 5.32 Å². The molecule has 0 spiro atoms. The van der Waals surface area contributed by atoms with Crippen molar-refractivity contribution in [2.75, 3.05) is 24.7 Å². The molecule has 1 N–H and O–H groups in total. The van der Waals surface area contributed by atoms with Gasteiger partial charge in [-0.2, -0.15) is 0 Å². The highest BCUT2D eigenvalue weighted by molar-refractivity contribution is 8.19. The molecule has 2 rings (SSSR count). The standard InChI is InChI=1S/C16H23NO2S2/c1-12(2)19-9-3-8-17-15(18)13-4-6-14(7-5-13)16-20-10-11-21-16/h4-7,12,16H,3,8-11H2,1-2H3,(H,17,18). The zero-order valence-corrected chi connectivity index (χ0v) is 14.3. The zero-order chi connectivity index (χ0) is 15.1. The van der Waals surface area contributed by atoms with E-state index < -0.39 is 0 Å². The molecule has 1 aliphatic heterocycles. The van der Waals surface area contributed by atoms with Crippen molar-refractivity contribution in [2.24, 2.45) is 0 Å². The Kier molecular flexibility index (Phi) is 6.93. The number of carbonyl (C=O) groups is 1. The van der Waals surface area contributed by atoms with Gasteiger partial charge in [-0.3, -0.25) is 4.79 Å². The maximum absolute atomic E-state index is 12.0. The summed E-state index contributed by atoms with van der Waals surface area (Å²) in [4.78, 5) is 12.0. The monoisotopic (exact) mass is 325 g/mol. The van der Waals surface area contributed by atoms with Crippen LogP contribution in [0, 0.1) is 0 Å². The fourth-order valence-electron chi connectivity index (χ4n) is 2.04. The van der Waals surface area contributed by atoms with Gasteiger partial charge in [-0.15, -0.1) is 23.5 Å². The van der Waals surface area contributed by atoms with Crippen LogP contribution in [0.1, 0.15) is 40.8 Å². The third-order valence-corrected chi connectivity index (χ3v) is 6.23. The molecule has 1 saturated heterocycles. The Morgan fingerprint density at radius 2 is 1.95 bits per heavy atom. The molecule has 0 aromatic heterocycles. The van der Waals surface area contributed by atoms with Gasteiger partial charge in [0.2, 0.25) is 0 Å². The van der Waals surface area contributed by atoms with Gasteiger partial charge in [0.25, 0.3) is 5.91 Å². The highest BCUT2D eigenvalue weighted by atomic mass is 32.2. The van der Waals surface area contributed by atoms with Gasteiger partial charge in [-0.25, -0.2) is 0 Å². The van der Waals surface area contributed by atoms with E-state index in [0.717, 1.165) is 12.0 Å². The molecule has 1 aliphatic rings. The number of ether oxygens (including phenoxy) is 1. The van der Waals surface area contributed by atoms with Crippen molar-refractivity contribution in [3.05, 3.63) is 35.4 Å². The number of hydrogen-bond acceptors (Lipinski definition) is 4. The summed E-state index contributed by atoms with van der Waals surface area (Å²) in [6.07, 6.45) is 1.09. The van der Waals surface area contributed by atoms with E-state index in [1.54, 1.807) is 0 Å². The first kappa shape index (κ1) is 16.7. The molecule has 1 amide bonds. The number of hydrogen-bond donors (Lipinski definition) is 1. The summed E-state index contributed by atoms with van der Waals surface area (Å²) in [6.45, 7) is 5.37. The minimum absolute atomic E-state index is 0.00201. The van der Waals surface area contributed by atoms with Crippen LogP contribution in [-0.2, 0) is 4.74 Å². The Labute approximate surface area is 135 Å². The van der Waals surface area contributed by atoms with E-state index in [4.69, 9.17) is 4.74 Å². The van der Waals surface area contributed by atoms with Gasteiger partial charge in [0.05, 0.1) is 10.7 Å². The number of amides is 1. The van der Waals surface area contributed by atoms with Gasteiger partial charge in [0.1, 0.15) is 0 Å². The maximum atomic E-state index is 12.0. The third kappa shape index (κ3) is 5.57. The lowest BCUT2D eigenvalue weighted by atomic mass is 10.1. The van der Waals surface area contributed by atoms with Crippen LogP contribution in [0.5, 0.6) is 0 Å². The maximum Gasteiger partial charge on any atom is 0.251 e. The van der Waals surface area contributed by atoms with E-state index in [1.165, 1.54) is 17.1 Å². The topological polar surface area (TPSA) is 38.3 Å². The molecule has 5 heteroatoms. The average Bonchev–Trinajstić information content (AvgIpc) is 3.01. The molecule has 0 saturated carbocycles. The predicted octanol–water partition coefficient (Wildman–Crippen LogP) is 3.71.